The molecule has 1 aromatic carbocycles. The maximum Gasteiger partial charge on any atom is 0.251 e. The summed E-state index contributed by atoms with van der Waals surface area (Å²) < 4.78 is 0. The minimum Gasteiger partial charge on any atom is -0.352 e. The largest absolute Gasteiger partial charge is 0.352 e. The number of hydrogen-bond donors (Lipinski definition) is 1. The topological polar surface area (TPSA) is 29.1 Å². The highest BCUT2D eigenvalue weighted by Crippen LogP contribution is 2.02. The zero-order chi connectivity index (χ0) is 11.1. The smallest absolute Gasteiger partial charge is 0.251 e. The number of unbranched alkanes of at least 4 members (excludes halogenated alkanes) is 1. The third-order valence-corrected chi connectivity index (χ3v) is 2.43. The lowest BCUT2D eigenvalue weighted by atomic mass is 10.1. The van der Waals surface area contributed by atoms with E-state index in [4.69, 9.17) is 11.6 Å². The van der Waals surface area contributed by atoms with E-state index in [-0.39, 0.29) is 5.91 Å². The van der Waals surface area contributed by atoms with Gasteiger partial charge in [0.15, 0.2) is 0 Å². The molecule has 0 unspecified atom stereocenters. The maximum absolute atomic E-state index is 11.6. The van der Waals surface area contributed by atoms with Gasteiger partial charge in [-0.1, -0.05) is 17.7 Å². The normalized spacial score (nSPS) is 10.0. The highest BCUT2D eigenvalue weighted by molar-refractivity contribution is 6.17. The molecule has 1 N–H and O–H groups in total. The molecule has 0 aliphatic heterocycles. The van der Waals surface area contributed by atoms with Crippen molar-refractivity contribution in [3.8, 4) is 0 Å². The molecule has 1 amide bonds. The van der Waals surface area contributed by atoms with Crippen LogP contribution in [0.1, 0.15) is 28.8 Å². The van der Waals surface area contributed by atoms with E-state index in [0.717, 1.165) is 18.4 Å². The van der Waals surface area contributed by atoms with Gasteiger partial charge in [0.25, 0.3) is 5.91 Å². The van der Waals surface area contributed by atoms with Gasteiger partial charge in [-0.05, 0) is 31.9 Å². The van der Waals surface area contributed by atoms with Gasteiger partial charge in [-0.25, -0.2) is 0 Å². The second-order valence-electron chi connectivity index (χ2n) is 3.52. The number of amides is 1. The molecule has 0 atom stereocenters. The summed E-state index contributed by atoms with van der Waals surface area (Å²) in [4.78, 5) is 11.6. The van der Waals surface area contributed by atoms with Crippen molar-refractivity contribution in [2.24, 2.45) is 0 Å². The highest BCUT2D eigenvalue weighted by atomic mass is 35.5. The van der Waals surface area contributed by atoms with Crippen LogP contribution in [0.25, 0.3) is 0 Å². The molecule has 2 nitrogen and oxygen atoms in total. The number of carbonyl (C=O) groups excluding carboxylic acids is 1. The van der Waals surface area contributed by atoms with E-state index < -0.39 is 0 Å². The van der Waals surface area contributed by atoms with Crippen molar-refractivity contribution in [3.05, 3.63) is 35.4 Å². The van der Waals surface area contributed by atoms with Crippen molar-refractivity contribution < 1.29 is 4.79 Å². The standard InChI is InChI=1S/C12H16ClNO/c1-10-4-6-11(7-5-10)12(15)14-9-3-2-8-13/h4-7H,2-3,8-9H2,1H3,(H,14,15). The minimum absolute atomic E-state index is 0.00966. The Morgan fingerprint density at radius 2 is 1.93 bits per heavy atom. The van der Waals surface area contributed by atoms with Crippen LogP contribution in [0, 0.1) is 6.92 Å². The van der Waals surface area contributed by atoms with Crippen LogP contribution in [0.15, 0.2) is 24.3 Å². The molecule has 0 aliphatic rings. The van der Waals surface area contributed by atoms with Crippen LogP contribution < -0.4 is 5.32 Å². The van der Waals surface area contributed by atoms with Crippen molar-refractivity contribution >= 4 is 17.5 Å². The number of halogens is 1. The van der Waals surface area contributed by atoms with Gasteiger partial charge in [-0.2, -0.15) is 0 Å². The fraction of sp³-hybridized carbons (Fsp3) is 0.417. The lowest BCUT2D eigenvalue weighted by Crippen LogP contribution is -2.24. The molecule has 1 rings (SSSR count). The van der Waals surface area contributed by atoms with Crippen LogP contribution in [0.3, 0.4) is 0 Å². The summed E-state index contributed by atoms with van der Waals surface area (Å²) in [6.07, 6.45) is 1.87. The van der Waals surface area contributed by atoms with Crippen LogP contribution in [0.5, 0.6) is 0 Å². The first-order valence-electron chi connectivity index (χ1n) is 5.15. The van der Waals surface area contributed by atoms with Crippen molar-refractivity contribution in [2.45, 2.75) is 19.8 Å². The first-order valence-corrected chi connectivity index (χ1v) is 5.68. The second kappa shape index (κ2) is 6.46. The van der Waals surface area contributed by atoms with Gasteiger partial charge in [0.05, 0.1) is 0 Å². The van der Waals surface area contributed by atoms with E-state index in [2.05, 4.69) is 5.32 Å². The van der Waals surface area contributed by atoms with Crippen LogP contribution >= 0.6 is 11.6 Å². The molecule has 0 heterocycles. The van der Waals surface area contributed by atoms with Gasteiger partial charge in [-0.3, -0.25) is 4.79 Å². The van der Waals surface area contributed by atoms with Crippen molar-refractivity contribution in [1.82, 2.24) is 5.32 Å². The average Bonchev–Trinajstić information content (AvgIpc) is 2.25. The van der Waals surface area contributed by atoms with Gasteiger partial charge in [0.1, 0.15) is 0 Å². The number of alkyl halides is 1. The van der Waals surface area contributed by atoms with Crippen LogP contribution in [0.4, 0.5) is 0 Å². The Hall–Kier alpha value is -1.02. The predicted molar refractivity (Wildman–Crippen MR) is 63.5 cm³/mol. The summed E-state index contributed by atoms with van der Waals surface area (Å²) in [6.45, 7) is 2.70. The van der Waals surface area contributed by atoms with Gasteiger partial charge in [0, 0.05) is 18.0 Å². The molecule has 0 bridgehead atoms. The number of carbonyl (C=O) groups is 1. The lowest BCUT2D eigenvalue weighted by molar-refractivity contribution is 0.0953. The molecular weight excluding hydrogens is 210 g/mol. The van der Waals surface area contributed by atoms with Gasteiger partial charge in [0.2, 0.25) is 0 Å². The average molecular weight is 226 g/mol. The Labute approximate surface area is 95.6 Å². The molecule has 0 fully saturated rings. The van der Waals surface area contributed by atoms with Crippen molar-refractivity contribution in [3.63, 3.8) is 0 Å². The molecular formula is C12H16ClNO. The Kier molecular flexibility index (Phi) is 5.19. The molecule has 0 aliphatic carbocycles. The van der Waals surface area contributed by atoms with E-state index in [0.29, 0.717) is 18.0 Å². The van der Waals surface area contributed by atoms with Gasteiger partial charge in [-0.15, -0.1) is 11.6 Å². The lowest BCUT2D eigenvalue weighted by Gasteiger charge is -2.04. The number of hydrogen-bond acceptors (Lipinski definition) is 1. The third-order valence-electron chi connectivity index (χ3n) is 2.16. The van der Waals surface area contributed by atoms with E-state index in [1.54, 1.807) is 0 Å². The Balaban J connectivity index is 2.37. The fourth-order valence-electron chi connectivity index (χ4n) is 1.23. The molecule has 82 valence electrons. The Morgan fingerprint density at radius 1 is 1.27 bits per heavy atom. The monoisotopic (exact) mass is 225 g/mol. The molecule has 1 aromatic rings. The van der Waals surface area contributed by atoms with Gasteiger partial charge < -0.3 is 5.32 Å². The first-order chi connectivity index (χ1) is 7.24. The molecule has 0 aromatic heterocycles. The zero-order valence-corrected chi connectivity index (χ0v) is 9.68. The fourth-order valence-corrected chi connectivity index (χ4v) is 1.42. The van der Waals surface area contributed by atoms with Crippen LogP contribution in [-0.2, 0) is 0 Å². The Morgan fingerprint density at radius 3 is 2.53 bits per heavy atom. The number of benzene rings is 1. The zero-order valence-electron chi connectivity index (χ0n) is 8.92. The van der Waals surface area contributed by atoms with Crippen LogP contribution in [0.2, 0.25) is 0 Å². The highest BCUT2D eigenvalue weighted by Gasteiger charge is 2.02. The van der Waals surface area contributed by atoms with Crippen LogP contribution in [-0.4, -0.2) is 18.3 Å². The van der Waals surface area contributed by atoms with E-state index in [1.807, 2.05) is 31.2 Å². The molecule has 0 spiro atoms. The molecule has 0 saturated heterocycles. The number of aryl methyl sites for hydroxylation is 1. The molecule has 15 heavy (non-hydrogen) atoms. The second-order valence-corrected chi connectivity index (χ2v) is 3.90. The molecule has 0 saturated carbocycles. The van der Waals surface area contributed by atoms with E-state index in [1.165, 1.54) is 0 Å². The summed E-state index contributed by atoms with van der Waals surface area (Å²) in [5.74, 6) is 0.644. The predicted octanol–water partition coefficient (Wildman–Crippen LogP) is 2.74. The molecule has 3 heteroatoms. The first kappa shape index (κ1) is 12.1. The summed E-state index contributed by atoms with van der Waals surface area (Å²) in [7, 11) is 0. The van der Waals surface area contributed by atoms with Crippen molar-refractivity contribution in [2.75, 3.05) is 12.4 Å². The maximum atomic E-state index is 11.6. The SMILES string of the molecule is Cc1ccc(C(=O)NCCCCCl)cc1. The van der Waals surface area contributed by atoms with E-state index >= 15 is 0 Å². The van der Waals surface area contributed by atoms with Gasteiger partial charge >= 0.3 is 0 Å². The Bertz CT molecular complexity index is 308. The number of nitrogens with one attached hydrogen (secondary N) is 1. The summed E-state index contributed by atoms with van der Waals surface area (Å²) in [5, 5.41) is 2.86. The summed E-state index contributed by atoms with van der Waals surface area (Å²) in [6, 6.07) is 7.56. The number of rotatable bonds is 5. The summed E-state index contributed by atoms with van der Waals surface area (Å²) >= 11 is 5.54. The third kappa shape index (κ3) is 4.34. The molecule has 0 radical (unpaired) electrons. The minimum atomic E-state index is -0.00966. The quantitative estimate of drug-likeness (QED) is 0.606. The van der Waals surface area contributed by atoms with E-state index in [9.17, 15) is 4.79 Å². The summed E-state index contributed by atoms with van der Waals surface area (Å²) in [5.41, 5.74) is 1.88. The van der Waals surface area contributed by atoms with Crippen molar-refractivity contribution in [1.29, 1.82) is 0 Å².